The van der Waals surface area contributed by atoms with E-state index in [2.05, 4.69) is 10.4 Å². The van der Waals surface area contributed by atoms with Crippen molar-refractivity contribution in [3.05, 3.63) is 70.4 Å². The maximum atomic E-state index is 13.5. The van der Waals surface area contributed by atoms with E-state index in [1.165, 1.54) is 25.1 Å². The van der Waals surface area contributed by atoms with Crippen molar-refractivity contribution in [1.82, 2.24) is 9.78 Å². The Balaban J connectivity index is 1.86. The summed E-state index contributed by atoms with van der Waals surface area (Å²) in [5, 5.41) is 6.58. The van der Waals surface area contributed by atoms with Crippen molar-refractivity contribution in [3.8, 4) is 11.5 Å². The number of nitrogens with one attached hydrogen (secondary N) is 1. The highest BCUT2D eigenvalue weighted by Crippen LogP contribution is 2.31. The standard InChI is InChI=1S/C19H16ClF2N3O3/c1-27-16-5-3-4-11(18(16)28-2)10-25-17(6-7-23-25)24-19(26)12-8-14(21)15(22)9-13(12)20/h3-9H,10H2,1-2H3,(H,24,26). The molecule has 3 aromatic rings. The molecule has 1 aromatic heterocycles. The fourth-order valence-corrected chi connectivity index (χ4v) is 2.92. The first kappa shape index (κ1) is 19.6. The van der Waals surface area contributed by atoms with Crippen LogP contribution in [0.1, 0.15) is 15.9 Å². The molecule has 0 aliphatic carbocycles. The van der Waals surface area contributed by atoms with Crippen molar-refractivity contribution in [2.24, 2.45) is 0 Å². The Kier molecular flexibility index (Phi) is 5.79. The monoisotopic (exact) mass is 407 g/mol. The summed E-state index contributed by atoms with van der Waals surface area (Å²) in [5.74, 6) is -1.53. The van der Waals surface area contributed by atoms with E-state index >= 15 is 0 Å². The topological polar surface area (TPSA) is 65.4 Å². The highest BCUT2D eigenvalue weighted by atomic mass is 35.5. The number of rotatable bonds is 6. The molecule has 0 aliphatic heterocycles. The van der Waals surface area contributed by atoms with Crippen LogP contribution >= 0.6 is 11.6 Å². The molecule has 0 unspecified atom stereocenters. The molecule has 9 heteroatoms. The highest BCUT2D eigenvalue weighted by molar-refractivity contribution is 6.34. The summed E-state index contributed by atoms with van der Waals surface area (Å²) in [5.41, 5.74) is 0.583. The fourth-order valence-electron chi connectivity index (χ4n) is 2.68. The molecule has 3 rings (SSSR count). The van der Waals surface area contributed by atoms with Gasteiger partial charge in [-0.15, -0.1) is 0 Å². The maximum absolute atomic E-state index is 13.5. The third-order valence-corrected chi connectivity index (χ3v) is 4.33. The number of carbonyl (C=O) groups excluding carboxylic acids is 1. The minimum atomic E-state index is -1.16. The Morgan fingerprint density at radius 1 is 1.18 bits per heavy atom. The molecule has 0 bridgehead atoms. The van der Waals surface area contributed by atoms with Gasteiger partial charge >= 0.3 is 0 Å². The van der Waals surface area contributed by atoms with Gasteiger partial charge in [0, 0.05) is 11.6 Å². The third-order valence-electron chi connectivity index (χ3n) is 4.02. The molecule has 0 atom stereocenters. The molecule has 28 heavy (non-hydrogen) atoms. The molecule has 0 spiro atoms. The van der Waals surface area contributed by atoms with Crippen LogP contribution in [0.2, 0.25) is 5.02 Å². The molecule has 0 radical (unpaired) electrons. The zero-order valence-electron chi connectivity index (χ0n) is 15.0. The van der Waals surface area contributed by atoms with Gasteiger partial charge in [0.05, 0.1) is 37.5 Å². The van der Waals surface area contributed by atoms with Gasteiger partial charge in [0.25, 0.3) is 5.91 Å². The molecule has 1 heterocycles. The van der Waals surface area contributed by atoms with E-state index in [9.17, 15) is 13.6 Å². The number of amides is 1. The smallest absolute Gasteiger partial charge is 0.258 e. The van der Waals surface area contributed by atoms with Crippen LogP contribution in [0.15, 0.2) is 42.6 Å². The van der Waals surface area contributed by atoms with Crippen molar-refractivity contribution in [1.29, 1.82) is 0 Å². The summed E-state index contributed by atoms with van der Waals surface area (Å²) in [4.78, 5) is 12.5. The predicted octanol–water partition coefficient (Wildman–Crippen LogP) is 4.13. The fraction of sp³-hybridized carbons (Fsp3) is 0.158. The number of halogens is 3. The van der Waals surface area contributed by atoms with Crippen molar-refractivity contribution in [2.75, 3.05) is 19.5 Å². The van der Waals surface area contributed by atoms with Gasteiger partial charge in [0.1, 0.15) is 5.82 Å². The summed E-state index contributed by atoms with van der Waals surface area (Å²) in [6, 6.07) is 8.47. The van der Waals surface area contributed by atoms with Gasteiger partial charge in [0.2, 0.25) is 0 Å². The first-order valence-electron chi connectivity index (χ1n) is 8.12. The quantitative estimate of drug-likeness (QED) is 0.624. The Hall–Kier alpha value is -3.13. The second kappa shape index (κ2) is 8.26. The number of hydrogen-bond donors (Lipinski definition) is 1. The summed E-state index contributed by atoms with van der Waals surface area (Å²) in [6.45, 7) is 0.272. The maximum Gasteiger partial charge on any atom is 0.258 e. The van der Waals surface area contributed by atoms with Crippen molar-refractivity contribution in [2.45, 2.75) is 6.54 Å². The Morgan fingerprint density at radius 2 is 1.93 bits per heavy atom. The van der Waals surface area contributed by atoms with E-state index in [0.29, 0.717) is 17.3 Å². The van der Waals surface area contributed by atoms with Crippen LogP contribution in [-0.2, 0) is 6.54 Å². The molecule has 0 saturated heterocycles. The van der Waals surface area contributed by atoms with E-state index in [1.54, 1.807) is 18.2 Å². The first-order chi connectivity index (χ1) is 13.4. The number of methoxy groups -OCH3 is 2. The summed E-state index contributed by atoms with van der Waals surface area (Å²) >= 11 is 5.86. The van der Waals surface area contributed by atoms with Crippen LogP contribution in [0.25, 0.3) is 0 Å². The molecule has 0 aliphatic rings. The lowest BCUT2D eigenvalue weighted by Crippen LogP contribution is -2.17. The van der Waals surface area contributed by atoms with Crippen molar-refractivity contribution < 1.29 is 23.0 Å². The van der Waals surface area contributed by atoms with Crippen LogP contribution in [-0.4, -0.2) is 29.9 Å². The second-order valence-corrected chi connectivity index (χ2v) is 6.13. The lowest BCUT2D eigenvalue weighted by molar-refractivity contribution is 0.102. The number of ether oxygens (including phenoxy) is 2. The number of hydrogen-bond acceptors (Lipinski definition) is 4. The van der Waals surface area contributed by atoms with Gasteiger partial charge in [-0.1, -0.05) is 23.7 Å². The highest BCUT2D eigenvalue weighted by Gasteiger charge is 2.18. The number of aromatic nitrogens is 2. The van der Waals surface area contributed by atoms with Gasteiger partial charge in [-0.2, -0.15) is 5.10 Å². The van der Waals surface area contributed by atoms with E-state index in [1.807, 2.05) is 6.07 Å². The van der Waals surface area contributed by atoms with Crippen LogP contribution in [0.5, 0.6) is 11.5 Å². The molecular weight excluding hydrogens is 392 g/mol. The molecular formula is C19H16ClF2N3O3. The van der Waals surface area contributed by atoms with Gasteiger partial charge in [-0.3, -0.25) is 4.79 Å². The number of para-hydroxylation sites is 1. The molecule has 1 amide bonds. The second-order valence-electron chi connectivity index (χ2n) is 5.73. The summed E-state index contributed by atoms with van der Waals surface area (Å²) in [7, 11) is 3.06. The largest absolute Gasteiger partial charge is 0.493 e. The van der Waals surface area contributed by atoms with E-state index in [4.69, 9.17) is 21.1 Å². The van der Waals surface area contributed by atoms with Crippen LogP contribution < -0.4 is 14.8 Å². The zero-order chi connectivity index (χ0) is 20.3. The summed E-state index contributed by atoms with van der Waals surface area (Å²) < 4.78 is 38.9. The number of benzene rings is 2. The molecule has 1 N–H and O–H groups in total. The van der Waals surface area contributed by atoms with E-state index in [0.717, 1.165) is 17.7 Å². The third kappa shape index (κ3) is 3.91. The predicted molar refractivity (Wildman–Crippen MR) is 100 cm³/mol. The van der Waals surface area contributed by atoms with Gasteiger partial charge in [-0.05, 0) is 18.2 Å². The molecule has 2 aromatic carbocycles. The molecule has 146 valence electrons. The average Bonchev–Trinajstić information content (AvgIpc) is 3.10. The van der Waals surface area contributed by atoms with E-state index < -0.39 is 17.5 Å². The van der Waals surface area contributed by atoms with Crippen LogP contribution in [0.4, 0.5) is 14.6 Å². The first-order valence-corrected chi connectivity index (χ1v) is 8.50. The average molecular weight is 408 g/mol. The number of anilines is 1. The molecule has 6 nitrogen and oxygen atoms in total. The molecule has 0 saturated carbocycles. The summed E-state index contributed by atoms with van der Waals surface area (Å²) in [6.07, 6.45) is 1.50. The Morgan fingerprint density at radius 3 is 2.64 bits per heavy atom. The van der Waals surface area contributed by atoms with Crippen molar-refractivity contribution in [3.63, 3.8) is 0 Å². The van der Waals surface area contributed by atoms with Gasteiger partial charge < -0.3 is 14.8 Å². The molecule has 0 fully saturated rings. The lowest BCUT2D eigenvalue weighted by Gasteiger charge is -2.14. The number of carbonyl (C=O) groups is 1. The van der Waals surface area contributed by atoms with Crippen LogP contribution in [0.3, 0.4) is 0 Å². The minimum absolute atomic E-state index is 0.188. The normalized spacial score (nSPS) is 10.6. The SMILES string of the molecule is COc1cccc(Cn2nccc2NC(=O)c2cc(F)c(F)cc2Cl)c1OC. The Bertz CT molecular complexity index is 1020. The number of nitrogens with zero attached hydrogens (tertiary/aromatic N) is 2. The van der Waals surface area contributed by atoms with Crippen LogP contribution in [0, 0.1) is 11.6 Å². The van der Waals surface area contributed by atoms with E-state index in [-0.39, 0.29) is 17.1 Å². The van der Waals surface area contributed by atoms with Gasteiger partial charge in [0.15, 0.2) is 23.1 Å². The minimum Gasteiger partial charge on any atom is -0.493 e. The zero-order valence-corrected chi connectivity index (χ0v) is 15.8. The Labute approximate surface area is 164 Å². The lowest BCUT2D eigenvalue weighted by atomic mass is 10.2. The van der Waals surface area contributed by atoms with Gasteiger partial charge in [-0.25, -0.2) is 13.5 Å². The van der Waals surface area contributed by atoms with Crippen molar-refractivity contribution >= 4 is 23.3 Å².